The summed E-state index contributed by atoms with van der Waals surface area (Å²) >= 11 is 0. The van der Waals surface area contributed by atoms with Crippen molar-refractivity contribution >= 4 is 11.6 Å². The summed E-state index contributed by atoms with van der Waals surface area (Å²) in [6, 6.07) is 7.47. The average molecular weight is 193 g/mol. The summed E-state index contributed by atoms with van der Waals surface area (Å²) in [7, 11) is 0. The van der Waals surface area contributed by atoms with Crippen molar-refractivity contribution in [2.45, 2.75) is 20.0 Å². The summed E-state index contributed by atoms with van der Waals surface area (Å²) in [6.45, 7) is 3.94. The first-order valence-corrected chi connectivity index (χ1v) is 4.75. The largest absolute Gasteiger partial charge is 0.478 e. The third kappa shape index (κ3) is 1.45. The molecule has 3 heteroatoms. The molecular weight excluding hydrogens is 178 g/mol. The van der Waals surface area contributed by atoms with E-state index in [1.54, 1.807) is 0 Å². The summed E-state index contributed by atoms with van der Waals surface area (Å²) in [4.78, 5) is 11.6. The normalized spacial score (nSPS) is 19.9. The maximum atomic E-state index is 11.6. The highest BCUT2D eigenvalue weighted by Gasteiger charge is 2.29. The van der Waals surface area contributed by atoms with E-state index in [4.69, 9.17) is 4.74 Å². The van der Waals surface area contributed by atoms with Gasteiger partial charge in [-0.25, -0.2) is 0 Å². The van der Waals surface area contributed by atoms with E-state index >= 15 is 0 Å². The third-order valence-corrected chi connectivity index (χ3v) is 2.26. The second-order valence-corrected chi connectivity index (χ2v) is 3.77. The van der Waals surface area contributed by atoms with Gasteiger partial charge in [0.2, 0.25) is 0 Å². The molecule has 0 spiro atoms. The van der Waals surface area contributed by atoms with Crippen LogP contribution < -0.4 is 10.1 Å². The Morgan fingerprint density at radius 2 is 2.14 bits per heavy atom. The minimum absolute atomic E-state index is 0. The van der Waals surface area contributed by atoms with E-state index in [0.717, 1.165) is 11.4 Å². The van der Waals surface area contributed by atoms with Crippen LogP contribution in [0.2, 0.25) is 0 Å². The molecule has 1 aliphatic heterocycles. The van der Waals surface area contributed by atoms with E-state index in [-0.39, 0.29) is 19.4 Å². The number of para-hydroxylation sites is 2. The first-order valence-electron chi connectivity index (χ1n) is 4.75. The zero-order valence-corrected chi connectivity index (χ0v) is 8.28. The summed E-state index contributed by atoms with van der Waals surface area (Å²) in [5.74, 6) is 0.882. The Morgan fingerprint density at radius 3 is 2.86 bits per heavy atom. The van der Waals surface area contributed by atoms with E-state index in [0.29, 0.717) is 0 Å². The van der Waals surface area contributed by atoms with E-state index < -0.39 is 0 Å². The number of carbonyl (C=O) groups excluding carboxylic acids is 1. The highest BCUT2D eigenvalue weighted by atomic mass is 16.5. The number of hydrogen-bond donors (Lipinski definition) is 1. The smallest absolute Gasteiger partial charge is 0.265 e. The second-order valence-electron chi connectivity index (χ2n) is 3.77. The fourth-order valence-electron chi connectivity index (χ4n) is 1.51. The van der Waals surface area contributed by atoms with Crippen molar-refractivity contribution in [2.24, 2.45) is 5.92 Å². The van der Waals surface area contributed by atoms with Crippen LogP contribution in [-0.4, -0.2) is 12.0 Å². The van der Waals surface area contributed by atoms with Crippen molar-refractivity contribution in [3.05, 3.63) is 24.3 Å². The molecule has 0 saturated carbocycles. The fraction of sp³-hybridized carbons (Fsp3) is 0.364. The van der Waals surface area contributed by atoms with Crippen molar-refractivity contribution in [1.82, 2.24) is 0 Å². The number of ether oxygens (including phenoxy) is 1. The van der Waals surface area contributed by atoms with Gasteiger partial charge in [0.15, 0.2) is 6.10 Å². The quantitative estimate of drug-likeness (QED) is 0.743. The Kier molecular flexibility index (Phi) is 2.15. The SMILES string of the molecule is CC(C)C1Oc2ccccc2NC1=O.[HH]. The van der Waals surface area contributed by atoms with Gasteiger partial charge in [-0.15, -0.1) is 0 Å². The molecule has 1 unspecified atom stereocenters. The molecule has 1 aromatic carbocycles. The van der Waals surface area contributed by atoms with Crippen LogP contribution in [0.5, 0.6) is 5.75 Å². The van der Waals surface area contributed by atoms with Gasteiger partial charge in [-0.3, -0.25) is 4.79 Å². The average Bonchev–Trinajstić information content (AvgIpc) is 2.16. The molecule has 0 aromatic heterocycles. The van der Waals surface area contributed by atoms with Gasteiger partial charge in [0, 0.05) is 1.43 Å². The second kappa shape index (κ2) is 3.33. The highest BCUT2D eigenvalue weighted by Crippen LogP contribution is 2.30. The lowest BCUT2D eigenvalue weighted by atomic mass is 10.0. The summed E-state index contributed by atoms with van der Waals surface area (Å²) < 4.78 is 5.59. The molecule has 1 amide bonds. The predicted octanol–water partition coefficient (Wildman–Crippen LogP) is 2.29. The number of benzene rings is 1. The standard InChI is InChI=1S/C11H13NO2.H2/c1-7(2)10-11(13)12-8-5-3-4-6-9(8)14-10;/h3-7,10H,1-2H3,(H,12,13);1H. The lowest BCUT2D eigenvalue weighted by Gasteiger charge is -2.27. The van der Waals surface area contributed by atoms with Crippen molar-refractivity contribution < 1.29 is 11.0 Å². The maximum Gasteiger partial charge on any atom is 0.265 e. The topological polar surface area (TPSA) is 38.3 Å². The zero-order chi connectivity index (χ0) is 10.1. The molecular formula is C11H15NO2. The minimum Gasteiger partial charge on any atom is -0.478 e. The van der Waals surface area contributed by atoms with Gasteiger partial charge in [-0.1, -0.05) is 26.0 Å². The molecule has 0 bridgehead atoms. The number of amides is 1. The first kappa shape index (κ1) is 9.06. The zero-order valence-electron chi connectivity index (χ0n) is 8.28. The van der Waals surface area contributed by atoms with Crippen LogP contribution >= 0.6 is 0 Å². The molecule has 1 N–H and O–H groups in total. The first-order chi connectivity index (χ1) is 6.68. The van der Waals surface area contributed by atoms with Gasteiger partial charge in [0.05, 0.1) is 5.69 Å². The van der Waals surface area contributed by atoms with Gasteiger partial charge in [0.1, 0.15) is 5.75 Å². The van der Waals surface area contributed by atoms with Crippen LogP contribution in [0, 0.1) is 5.92 Å². The van der Waals surface area contributed by atoms with Crippen molar-refractivity contribution in [1.29, 1.82) is 0 Å². The molecule has 3 nitrogen and oxygen atoms in total. The van der Waals surface area contributed by atoms with Crippen LogP contribution in [0.4, 0.5) is 5.69 Å². The molecule has 2 rings (SSSR count). The van der Waals surface area contributed by atoms with Crippen LogP contribution in [0.3, 0.4) is 0 Å². The van der Waals surface area contributed by atoms with Gasteiger partial charge in [-0.2, -0.15) is 0 Å². The molecule has 1 heterocycles. The monoisotopic (exact) mass is 193 g/mol. The summed E-state index contributed by atoms with van der Waals surface area (Å²) in [5, 5.41) is 2.83. The van der Waals surface area contributed by atoms with Crippen molar-refractivity contribution in [2.75, 3.05) is 5.32 Å². The summed E-state index contributed by atoms with van der Waals surface area (Å²) in [5.41, 5.74) is 0.759. The molecule has 1 aromatic rings. The lowest BCUT2D eigenvalue weighted by molar-refractivity contribution is -0.125. The number of rotatable bonds is 1. The maximum absolute atomic E-state index is 11.6. The Labute approximate surface area is 84.6 Å². The summed E-state index contributed by atoms with van der Waals surface area (Å²) in [6.07, 6.45) is -0.370. The molecule has 0 saturated heterocycles. The third-order valence-electron chi connectivity index (χ3n) is 2.26. The van der Waals surface area contributed by atoms with Crippen LogP contribution in [0.25, 0.3) is 0 Å². The highest BCUT2D eigenvalue weighted by molar-refractivity contribution is 5.97. The minimum atomic E-state index is -0.370. The van der Waals surface area contributed by atoms with Crippen molar-refractivity contribution in [3.8, 4) is 5.75 Å². The number of nitrogens with one attached hydrogen (secondary N) is 1. The molecule has 1 aliphatic rings. The van der Waals surface area contributed by atoms with Crippen LogP contribution in [0.1, 0.15) is 15.3 Å². The van der Waals surface area contributed by atoms with Gasteiger partial charge in [0.25, 0.3) is 5.91 Å². The Bertz CT molecular complexity index is 365. The Balaban J connectivity index is 0.00000112. The fourth-order valence-corrected chi connectivity index (χ4v) is 1.51. The molecule has 76 valence electrons. The number of anilines is 1. The van der Waals surface area contributed by atoms with Crippen LogP contribution in [-0.2, 0) is 4.79 Å². The van der Waals surface area contributed by atoms with Gasteiger partial charge >= 0.3 is 0 Å². The molecule has 0 radical (unpaired) electrons. The Morgan fingerprint density at radius 1 is 1.43 bits per heavy atom. The van der Waals surface area contributed by atoms with Gasteiger partial charge < -0.3 is 10.1 Å². The van der Waals surface area contributed by atoms with E-state index in [9.17, 15) is 4.79 Å². The molecule has 0 fully saturated rings. The van der Waals surface area contributed by atoms with E-state index in [2.05, 4.69) is 5.32 Å². The molecule has 1 atom stereocenters. The van der Waals surface area contributed by atoms with E-state index in [1.807, 2.05) is 38.1 Å². The van der Waals surface area contributed by atoms with Crippen molar-refractivity contribution in [3.63, 3.8) is 0 Å². The Hall–Kier alpha value is -1.51. The molecule has 0 aliphatic carbocycles. The number of hydrogen-bond acceptors (Lipinski definition) is 2. The van der Waals surface area contributed by atoms with Crippen LogP contribution in [0.15, 0.2) is 24.3 Å². The van der Waals surface area contributed by atoms with E-state index in [1.165, 1.54) is 0 Å². The predicted molar refractivity (Wildman–Crippen MR) is 56.4 cm³/mol. The lowest BCUT2D eigenvalue weighted by Crippen LogP contribution is -2.40. The van der Waals surface area contributed by atoms with Gasteiger partial charge in [-0.05, 0) is 18.1 Å². The number of carbonyl (C=O) groups is 1. The number of fused-ring (bicyclic) bond motifs is 1. The molecule has 14 heavy (non-hydrogen) atoms.